The number of rotatable bonds is 7. The number of nitrogens with zero attached hydrogens (tertiary/aromatic N) is 2. The molecular formula is C19H22N2O3. The van der Waals surface area contributed by atoms with Crippen molar-refractivity contribution in [2.45, 2.75) is 45.6 Å². The molecule has 0 saturated heterocycles. The van der Waals surface area contributed by atoms with Crippen LogP contribution in [0.4, 0.5) is 0 Å². The van der Waals surface area contributed by atoms with E-state index in [0.29, 0.717) is 16.7 Å². The Kier molecular flexibility index (Phi) is 4.99. The van der Waals surface area contributed by atoms with Gasteiger partial charge in [0.15, 0.2) is 11.2 Å². The lowest BCUT2D eigenvalue weighted by Crippen LogP contribution is -2.03. The monoisotopic (exact) mass is 326 g/mol. The summed E-state index contributed by atoms with van der Waals surface area (Å²) in [7, 11) is 0. The van der Waals surface area contributed by atoms with Crippen molar-refractivity contribution in [3.8, 4) is 17.2 Å². The van der Waals surface area contributed by atoms with Gasteiger partial charge in [0.2, 0.25) is 0 Å². The van der Waals surface area contributed by atoms with Crippen molar-refractivity contribution < 1.29 is 9.52 Å². The highest BCUT2D eigenvalue weighted by atomic mass is 16.3. The fraction of sp³-hybridized carbons (Fsp3) is 0.368. The number of aromatic hydroxyl groups is 1. The van der Waals surface area contributed by atoms with E-state index in [1.54, 1.807) is 18.6 Å². The summed E-state index contributed by atoms with van der Waals surface area (Å²) in [6.45, 7) is 3.05. The average Bonchev–Trinajstić information content (AvgIpc) is 3.02. The first-order chi connectivity index (χ1) is 11.7. The van der Waals surface area contributed by atoms with Gasteiger partial charge in [-0.05, 0) is 18.6 Å². The molecule has 0 radical (unpaired) electrons. The Morgan fingerprint density at radius 3 is 2.83 bits per heavy atom. The first kappa shape index (κ1) is 16.3. The van der Waals surface area contributed by atoms with E-state index in [1.807, 2.05) is 4.57 Å². The van der Waals surface area contributed by atoms with Crippen LogP contribution in [0, 0.1) is 0 Å². The second kappa shape index (κ2) is 7.34. The minimum absolute atomic E-state index is 0.0761. The molecule has 126 valence electrons. The lowest BCUT2D eigenvalue weighted by atomic mass is 10.1. The number of imidazole rings is 1. The molecule has 0 saturated carbocycles. The fourth-order valence-corrected chi connectivity index (χ4v) is 2.86. The Balaban J connectivity index is 1.86. The first-order valence-corrected chi connectivity index (χ1v) is 8.46. The third-order valence-corrected chi connectivity index (χ3v) is 4.18. The number of phenolic OH excluding ortho intramolecular Hbond substituents is 1. The van der Waals surface area contributed by atoms with Crippen LogP contribution in [0.15, 0.2) is 46.0 Å². The zero-order valence-corrected chi connectivity index (χ0v) is 13.9. The van der Waals surface area contributed by atoms with Crippen molar-refractivity contribution in [3.05, 3.63) is 47.0 Å². The molecule has 0 unspecified atom stereocenters. The fourth-order valence-electron chi connectivity index (χ4n) is 2.86. The molecule has 0 spiro atoms. The van der Waals surface area contributed by atoms with Gasteiger partial charge in [-0.3, -0.25) is 4.79 Å². The van der Waals surface area contributed by atoms with E-state index in [4.69, 9.17) is 4.42 Å². The van der Waals surface area contributed by atoms with Gasteiger partial charge in [0.1, 0.15) is 17.0 Å². The van der Waals surface area contributed by atoms with Crippen LogP contribution in [-0.2, 0) is 6.54 Å². The minimum atomic E-state index is -0.123. The lowest BCUT2D eigenvalue weighted by Gasteiger charge is -2.08. The summed E-state index contributed by atoms with van der Waals surface area (Å²) in [6.07, 6.45) is 9.46. The topological polar surface area (TPSA) is 68.3 Å². The molecule has 2 heterocycles. The Morgan fingerprint density at radius 2 is 2.00 bits per heavy atom. The molecule has 5 nitrogen and oxygen atoms in total. The summed E-state index contributed by atoms with van der Waals surface area (Å²) < 4.78 is 7.85. The van der Waals surface area contributed by atoms with E-state index in [-0.39, 0.29) is 11.2 Å². The molecule has 1 N–H and O–H groups in total. The van der Waals surface area contributed by atoms with Gasteiger partial charge >= 0.3 is 0 Å². The van der Waals surface area contributed by atoms with Gasteiger partial charge in [-0.15, -0.1) is 0 Å². The van der Waals surface area contributed by atoms with Gasteiger partial charge in [0, 0.05) is 18.7 Å². The number of phenols is 1. The van der Waals surface area contributed by atoms with Crippen molar-refractivity contribution >= 4 is 11.0 Å². The Hall–Kier alpha value is -2.56. The Labute approximate surface area is 140 Å². The normalized spacial score (nSPS) is 11.2. The highest BCUT2D eigenvalue weighted by Gasteiger charge is 2.11. The van der Waals surface area contributed by atoms with Crippen LogP contribution in [0.25, 0.3) is 22.4 Å². The average molecular weight is 326 g/mol. The minimum Gasteiger partial charge on any atom is -0.508 e. The second-order valence-electron chi connectivity index (χ2n) is 6.04. The van der Waals surface area contributed by atoms with Crippen molar-refractivity contribution in [2.75, 3.05) is 0 Å². The third-order valence-electron chi connectivity index (χ3n) is 4.18. The van der Waals surface area contributed by atoms with Crippen molar-refractivity contribution in [1.29, 1.82) is 0 Å². The maximum Gasteiger partial charge on any atom is 0.193 e. The Morgan fingerprint density at radius 1 is 1.17 bits per heavy atom. The molecule has 0 amide bonds. The van der Waals surface area contributed by atoms with Crippen LogP contribution in [-0.4, -0.2) is 14.7 Å². The van der Waals surface area contributed by atoms with E-state index in [9.17, 15) is 9.90 Å². The zero-order chi connectivity index (χ0) is 16.9. The molecule has 0 fully saturated rings. The number of hydrogen-bond donors (Lipinski definition) is 1. The smallest absolute Gasteiger partial charge is 0.193 e. The van der Waals surface area contributed by atoms with Gasteiger partial charge in [-0.1, -0.05) is 32.6 Å². The van der Waals surface area contributed by atoms with Gasteiger partial charge in [-0.25, -0.2) is 4.98 Å². The molecule has 5 heteroatoms. The van der Waals surface area contributed by atoms with Crippen molar-refractivity contribution in [3.63, 3.8) is 0 Å². The lowest BCUT2D eigenvalue weighted by molar-refractivity contribution is 0.474. The summed E-state index contributed by atoms with van der Waals surface area (Å²) in [4.78, 5) is 16.5. The Bertz CT molecular complexity index is 880. The zero-order valence-electron chi connectivity index (χ0n) is 13.9. The standard InChI is InChI=1S/C19H22N2O3/c1-2-3-4-5-6-9-21-13-20-12-16(21)19-11-17(23)15-8-7-14(22)10-18(15)24-19/h7-8,10-13,22H,2-6,9H2,1H3. The number of hydrogen-bond acceptors (Lipinski definition) is 4. The van der Waals surface area contributed by atoms with Gasteiger partial charge in [0.05, 0.1) is 17.9 Å². The molecule has 0 atom stereocenters. The largest absolute Gasteiger partial charge is 0.508 e. The molecule has 0 aliphatic heterocycles. The predicted octanol–water partition coefficient (Wildman–Crippen LogP) is 4.33. The van der Waals surface area contributed by atoms with E-state index < -0.39 is 0 Å². The summed E-state index contributed by atoms with van der Waals surface area (Å²) in [5.41, 5.74) is 1.04. The number of benzene rings is 1. The van der Waals surface area contributed by atoms with Crippen LogP contribution in [0.5, 0.6) is 5.75 Å². The quantitative estimate of drug-likeness (QED) is 0.656. The summed E-state index contributed by atoms with van der Waals surface area (Å²) in [5.74, 6) is 0.552. The van der Waals surface area contributed by atoms with Crippen LogP contribution in [0.1, 0.15) is 39.0 Å². The highest BCUT2D eigenvalue weighted by Crippen LogP contribution is 2.24. The molecule has 3 rings (SSSR count). The maximum absolute atomic E-state index is 12.3. The van der Waals surface area contributed by atoms with Crippen LogP contribution in [0.2, 0.25) is 0 Å². The number of aryl methyl sites for hydroxylation is 1. The predicted molar refractivity (Wildman–Crippen MR) is 94.1 cm³/mol. The molecule has 1 aromatic carbocycles. The molecular weight excluding hydrogens is 304 g/mol. The second-order valence-corrected chi connectivity index (χ2v) is 6.04. The molecule has 24 heavy (non-hydrogen) atoms. The van der Waals surface area contributed by atoms with E-state index in [1.165, 1.54) is 43.9 Å². The summed E-state index contributed by atoms with van der Waals surface area (Å²) in [6, 6.07) is 6.01. The number of fused-ring (bicyclic) bond motifs is 1. The molecule has 0 aliphatic carbocycles. The molecule has 0 aliphatic rings. The van der Waals surface area contributed by atoms with Crippen molar-refractivity contribution in [1.82, 2.24) is 9.55 Å². The van der Waals surface area contributed by atoms with Gasteiger partial charge in [-0.2, -0.15) is 0 Å². The number of aromatic nitrogens is 2. The van der Waals surface area contributed by atoms with E-state index >= 15 is 0 Å². The first-order valence-electron chi connectivity index (χ1n) is 8.46. The third kappa shape index (κ3) is 3.50. The van der Waals surface area contributed by atoms with E-state index in [0.717, 1.165) is 18.7 Å². The highest BCUT2D eigenvalue weighted by molar-refractivity contribution is 5.79. The summed E-state index contributed by atoms with van der Waals surface area (Å²) in [5, 5.41) is 10.1. The molecule has 3 aromatic rings. The molecule has 0 bridgehead atoms. The number of unbranched alkanes of at least 4 members (excludes halogenated alkanes) is 4. The molecule has 2 aromatic heterocycles. The SMILES string of the molecule is CCCCCCCn1cncc1-c1cc(=O)c2ccc(O)cc2o1. The van der Waals surface area contributed by atoms with Gasteiger partial charge in [0.25, 0.3) is 0 Å². The van der Waals surface area contributed by atoms with Crippen LogP contribution >= 0.6 is 0 Å². The van der Waals surface area contributed by atoms with Gasteiger partial charge < -0.3 is 14.1 Å². The maximum atomic E-state index is 12.3. The summed E-state index contributed by atoms with van der Waals surface area (Å²) >= 11 is 0. The van der Waals surface area contributed by atoms with Crippen LogP contribution in [0.3, 0.4) is 0 Å². The van der Waals surface area contributed by atoms with Crippen molar-refractivity contribution in [2.24, 2.45) is 0 Å². The van der Waals surface area contributed by atoms with Crippen LogP contribution < -0.4 is 5.43 Å². The van der Waals surface area contributed by atoms with E-state index in [2.05, 4.69) is 11.9 Å².